The molecule has 0 radical (unpaired) electrons. The Balaban J connectivity index is 2.23. The maximum atomic E-state index is 11.4. The van der Waals surface area contributed by atoms with E-state index in [1.165, 1.54) is 0 Å². The molecule has 1 aliphatic heterocycles. The summed E-state index contributed by atoms with van der Waals surface area (Å²) in [6.45, 7) is 5.23. The average Bonchev–Trinajstić information content (AvgIpc) is 2.35. The van der Waals surface area contributed by atoms with Crippen molar-refractivity contribution in [2.45, 2.75) is 39.6 Å². The van der Waals surface area contributed by atoms with Crippen LogP contribution in [-0.4, -0.2) is 42.4 Å². The second-order valence-corrected chi connectivity index (χ2v) is 5.40. The quantitative estimate of drug-likeness (QED) is 0.711. The third-order valence-corrected chi connectivity index (χ3v) is 3.81. The fraction of sp³-hybridized carbons (Fsp3) is 0.833. The van der Waals surface area contributed by atoms with Crippen LogP contribution < -0.4 is 0 Å². The van der Waals surface area contributed by atoms with Crippen LogP contribution in [0.5, 0.6) is 0 Å². The molecular formula is C12H20O5S. The Morgan fingerprint density at radius 1 is 1.44 bits per heavy atom. The molecule has 6 heteroatoms. The lowest BCUT2D eigenvalue weighted by molar-refractivity contribution is -0.188. The van der Waals surface area contributed by atoms with E-state index in [0.29, 0.717) is 12.2 Å². The number of hydrogen-bond donors (Lipinski definition) is 0. The number of carbonyl (C=O) groups excluding carboxylic acids is 2. The second kappa shape index (κ2) is 7.63. The van der Waals surface area contributed by atoms with Crippen LogP contribution in [0.25, 0.3) is 0 Å². The summed E-state index contributed by atoms with van der Waals surface area (Å²) in [6.07, 6.45) is 0.228. The van der Waals surface area contributed by atoms with Crippen molar-refractivity contribution in [2.75, 3.05) is 18.1 Å². The molecule has 1 fully saturated rings. The summed E-state index contributed by atoms with van der Waals surface area (Å²) < 4.78 is 15.3. The SMILES string of the molecule is CCC(C)C(=O)OCC(=O)OC1CSCC(C)O1. The summed E-state index contributed by atoms with van der Waals surface area (Å²) in [7, 11) is 0. The summed E-state index contributed by atoms with van der Waals surface area (Å²) in [5.41, 5.74) is 0. The highest BCUT2D eigenvalue weighted by Gasteiger charge is 2.23. The van der Waals surface area contributed by atoms with Crippen molar-refractivity contribution in [3.8, 4) is 0 Å². The van der Waals surface area contributed by atoms with Gasteiger partial charge in [-0.2, -0.15) is 11.8 Å². The van der Waals surface area contributed by atoms with Gasteiger partial charge in [-0.1, -0.05) is 13.8 Å². The van der Waals surface area contributed by atoms with Gasteiger partial charge in [0.05, 0.1) is 17.8 Å². The van der Waals surface area contributed by atoms with Gasteiger partial charge in [0.2, 0.25) is 6.29 Å². The first-order chi connectivity index (χ1) is 8.52. The Morgan fingerprint density at radius 2 is 2.17 bits per heavy atom. The van der Waals surface area contributed by atoms with Crippen LogP contribution in [0.15, 0.2) is 0 Å². The van der Waals surface area contributed by atoms with E-state index in [1.807, 2.05) is 13.8 Å². The van der Waals surface area contributed by atoms with Crippen LogP contribution in [0.4, 0.5) is 0 Å². The number of carbonyl (C=O) groups is 2. The molecule has 5 nitrogen and oxygen atoms in total. The molecule has 0 bridgehead atoms. The average molecular weight is 276 g/mol. The Labute approximate surface area is 112 Å². The molecule has 3 atom stereocenters. The molecule has 0 saturated carbocycles. The van der Waals surface area contributed by atoms with Gasteiger partial charge in [-0.15, -0.1) is 0 Å². The van der Waals surface area contributed by atoms with Gasteiger partial charge in [0.15, 0.2) is 6.61 Å². The zero-order valence-corrected chi connectivity index (χ0v) is 11.8. The van der Waals surface area contributed by atoms with E-state index in [9.17, 15) is 9.59 Å². The van der Waals surface area contributed by atoms with Crippen LogP contribution in [0.2, 0.25) is 0 Å². The van der Waals surface area contributed by atoms with E-state index in [-0.39, 0.29) is 24.6 Å². The molecule has 1 rings (SSSR count). The predicted octanol–water partition coefficient (Wildman–Crippen LogP) is 1.60. The molecule has 104 valence electrons. The Bertz CT molecular complexity index is 294. The summed E-state index contributed by atoms with van der Waals surface area (Å²) in [6, 6.07) is 0. The topological polar surface area (TPSA) is 61.8 Å². The molecule has 18 heavy (non-hydrogen) atoms. The Kier molecular flexibility index (Phi) is 6.49. The van der Waals surface area contributed by atoms with Crippen LogP contribution >= 0.6 is 11.8 Å². The number of thioether (sulfide) groups is 1. The van der Waals surface area contributed by atoms with Crippen LogP contribution in [0.3, 0.4) is 0 Å². The van der Waals surface area contributed by atoms with E-state index >= 15 is 0 Å². The van der Waals surface area contributed by atoms with Crippen molar-refractivity contribution in [1.29, 1.82) is 0 Å². The minimum Gasteiger partial charge on any atom is -0.453 e. The molecule has 0 aromatic rings. The van der Waals surface area contributed by atoms with Crippen molar-refractivity contribution in [3.05, 3.63) is 0 Å². The summed E-state index contributed by atoms with van der Waals surface area (Å²) >= 11 is 1.68. The smallest absolute Gasteiger partial charge is 0.346 e. The molecule has 0 amide bonds. The van der Waals surface area contributed by atoms with Crippen LogP contribution in [-0.2, 0) is 23.8 Å². The largest absolute Gasteiger partial charge is 0.453 e. The van der Waals surface area contributed by atoms with Crippen molar-refractivity contribution in [3.63, 3.8) is 0 Å². The first-order valence-corrected chi connectivity index (χ1v) is 7.27. The standard InChI is InChI=1S/C12H20O5S/c1-4-8(2)12(14)15-5-10(13)17-11-7-18-6-9(3)16-11/h8-9,11H,4-7H2,1-3H3. The third kappa shape index (κ3) is 5.27. The molecule has 1 saturated heterocycles. The molecule has 0 spiro atoms. The highest BCUT2D eigenvalue weighted by atomic mass is 32.2. The van der Waals surface area contributed by atoms with E-state index in [2.05, 4.69) is 0 Å². The Hall–Kier alpha value is -0.750. The number of esters is 2. The zero-order valence-electron chi connectivity index (χ0n) is 11.0. The maximum Gasteiger partial charge on any atom is 0.346 e. The van der Waals surface area contributed by atoms with Crippen molar-refractivity contribution in [1.82, 2.24) is 0 Å². The van der Waals surface area contributed by atoms with Crippen molar-refractivity contribution in [2.24, 2.45) is 5.92 Å². The molecule has 0 aliphatic carbocycles. The van der Waals surface area contributed by atoms with Gasteiger partial charge >= 0.3 is 11.9 Å². The fourth-order valence-corrected chi connectivity index (χ4v) is 2.23. The lowest BCUT2D eigenvalue weighted by Gasteiger charge is -2.26. The van der Waals surface area contributed by atoms with Gasteiger partial charge in [0, 0.05) is 5.75 Å². The van der Waals surface area contributed by atoms with E-state index < -0.39 is 12.3 Å². The number of rotatable bonds is 5. The highest BCUT2D eigenvalue weighted by molar-refractivity contribution is 7.99. The van der Waals surface area contributed by atoms with Gasteiger partial charge in [-0.25, -0.2) is 4.79 Å². The molecular weight excluding hydrogens is 256 g/mol. The van der Waals surface area contributed by atoms with Gasteiger partial charge in [0.1, 0.15) is 0 Å². The summed E-state index contributed by atoms with van der Waals surface area (Å²) in [5.74, 6) is 0.388. The zero-order chi connectivity index (χ0) is 13.5. The molecule has 1 heterocycles. The number of hydrogen-bond acceptors (Lipinski definition) is 6. The van der Waals surface area contributed by atoms with E-state index in [1.54, 1.807) is 18.7 Å². The van der Waals surface area contributed by atoms with Gasteiger partial charge in [-0.05, 0) is 13.3 Å². The van der Waals surface area contributed by atoms with E-state index in [4.69, 9.17) is 14.2 Å². The van der Waals surface area contributed by atoms with Crippen LogP contribution in [0.1, 0.15) is 27.2 Å². The summed E-state index contributed by atoms with van der Waals surface area (Å²) in [5, 5.41) is 0. The minimum atomic E-state index is -0.564. The number of ether oxygens (including phenoxy) is 3. The first-order valence-electron chi connectivity index (χ1n) is 6.12. The normalized spacial score (nSPS) is 25.3. The molecule has 0 aromatic carbocycles. The van der Waals surface area contributed by atoms with Gasteiger partial charge in [0.25, 0.3) is 0 Å². The minimum absolute atomic E-state index is 0.0733. The highest BCUT2D eigenvalue weighted by Crippen LogP contribution is 2.18. The predicted molar refractivity (Wildman–Crippen MR) is 68.2 cm³/mol. The second-order valence-electron chi connectivity index (χ2n) is 4.32. The van der Waals surface area contributed by atoms with Crippen LogP contribution in [0, 0.1) is 5.92 Å². The van der Waals surface area contributed by atoms with Gasteiger partial charge in [-0.3, -0.25) is 4.79 Å². The van der Waals surface area contributed by atoms with Gasteiger partial charge < -0.3 is 14.2 Å². The lowest BCUT2D eigenvalue weighted by atomic mass is 10.1. The summed E-state index contributed by atoms with van der Waals surface area (Å²) in [4.78, 5) is 22.8. The van der Waals surface area contributed by atoms with E-state index in [0.717, 1.165) is 5.75 Å². The molecule has 1 aliphatic rings. The van der Waals surface area contributed by atoms with Crippen molar-refractivity contribution >= 4 is 23.7 Å². The maximum absolute atomic E-state index is 11.4. The monoisotopic (exact) mass is 276 g/mol. The lowest BCUT2D eigenvalue weighted by Crippen LogP contribution is -2.34. The Morgan fingerprint density at radius 3 is 2.78 bits per heavy atom. The molecule has 3 unspecified atom stereocenters. The van der Waals surface area contributed by atoms with Crippen molar-refractivity contribution < 1.29 is 23.8 Å². The molecule has 0 aromatic heterocycles. The fourth-order valence-electron chi connectivity index (χ4n) is 1.35. The third-order valence-electron chi connectivity index (χ3n) is 2.60. The first kappa shape index (κ1) is 15.3. The molecule has 0 N–H and O–H groups in total.